The molecule has 0 fully saturated rings. The fourth-order valence-electron chi connectivity index (χ4n) is 3.15. The highest BCUT2D eigenvalue weighted by Gasteiger charge is 2.32. The number of hydrogen-bond acceptors (Lipinski definition) is 1. The predicted molar refractivity (Wildman–Crippen MR) is 93.1 cm³/mol. The molecule has 0 aromatic rings. The van der Waals surface area contributed by atoms with Crippen molar-refractivity contribution in [3.05, 3.63) is 33.8 Å². The average Bonchev–Trinajstić information content (AvgIpc) is 3.02. The number of thioether (sulfide) groups is 1. The summed E-state index contributed by atoms with van der Waals surface area (Å²) in [5, 5.41) is 0.757. The van der Waals surface area contributed by atoms with Gasteiger partial charge in [0.1, 0.15) is 0 Å². The lowest BCUT2D eigenvalue weighted by atomic mass is 9.94. The second-order valence-corrected chi connectivity index (χ2v) is 7.37. The number of hydrogen-bond donors (Lipinski definition) is 0. The number of allylic oxidation sites excluding steroid dienone is 5. The fourth-order valence-corrected chi connectivity index (χ4v) is 4.73. The van der Waals surface area contributed by atoms with Gasteiger partial charge in [0.15, 0.2) is 0 Å². The Labute approximate surface area is 129 Å². The monoisotopic (exact) mass is 290 g/mol. The third-order valence-corrected chi connectivity index (χ3v) is 5.83. The highest BCUT2D eigenvalue weighted by Crippen LogP contribution is 2.51. The predicted octanol–water partition coefficient (Wildman–Crippen LogP) is 6.79. The smallest absolute Gasteiger partial charge is 0.0347 e. The van der Waals surface area contributed by atoms with Crippen LogP contribution in [0.15, 0.2) is 33.8 Å². The van der Waals surface area contributed by atoms with E-state index in [0.29, 0.717) is 0 Å². The van der Waals surface area contributed by atoms with Crippen molar-refractivity contribution in [1.82, 2.24) is 0 Å². The summed E-state index contributed by atoms with van der Waals surface area (Å²) < 4.78 is 0. The van der Waals surface area contributed by atoms with Crippen molar-refractivity contribution in [1.29, 1.82) is 0 Å². The molecule has 2 rings (SSSR count). The highest BCUT2D eigenvalue weighted by atomic mass is 32.2. The van der Waals surface area contributed by atoms with Crippen LogP contribution in [0.3, 0.4) is 0 Å². The molecule has 0 radical (unpaired) electrons. The van der Waals surface area contributed by atoms with Crippen molar-refractivity contribution in [2.45, 2.75) is 83.8 Å². The first-order chi connectivity index (χ1) is 9.81. The minimum absolute atomic E-state index is 0.757. The molecule has 0 nitrogen and oxygen atoms in total. The Hall–Kier alpha value is -0.430. The third kappa shape index (κ3) is 3.61. The topological polar surface area (TPSA) is 0 Å². The maximum absolute atomic E-state index is 2.44. The Bertz CT molecular complexity index is 411. The van der Waals surface area contributed by atoms with Crippen molar-refractivity contribution in [2.24, 2.45) is 0 Å². The van der Waals surface area contributed by atoms with E-state index in [0.717, 1.165) is 5.25 Å². The zero-order valence-electron chi connectivity index (χ0n) is 13.5. The van der Waals surface area contributed by atoms with Crippen molar-refractivity contribution < 1.29 is 0 Å². The summed E-state index contributed by atoms with van der Waals surface area (Å²) in [6, 6.07) is 0. The number of fused-ring (bicyclic) bond motifs is 1. The molecule has 2 aliphatic rings. The van der Waals surface area contributed by atoms with E-state index >= 15 is 0 Å². The van der Waals surface area contributed by atoms with Crippen molar-refractivity contribution in [3.63, 3.8) is 0 Å². The van der Waals surface area contributed by atoms with E-state index in [9.17, 15) is 0 Å². The van der Waals surface area contributed by atoms with Crippen LogP contribution in [0.25, 0.3) is 0 Å². The van der Waals surface area contributed by atoms with Crippen LogP contribution in [0.1, 0.15) is 78.6 Å². The van der Waals surface area contributed by atoms with E-state index in [1.807, 2.05) is 0 Å². The molecule has 0 saturated heterocycles. The largest absolute Gasteiger partial charge is 0.122 e. The normalized spacial score (nSPS) is 21.2. The Kier molecular flexibility index (Phi) is 6.48. The molecule has 1 heterocycles. The standard InChI is InChI=1S/C19H30S/c1-4-7-10-15-13-14-16-17(11-8-5-2)20-18(19(15)16)12-9-6-3/h13-14,17H,4-12H2,1-3H3. The first-order valence-corrected chi connectivity index (χ1v) is 9.51. The van der Waals surface area contributed by atoms with Crippen molar-refractivity contribution >= 4 is 11.8 Å². The summed E-state index contributed by atoms with van der Waals surface area (Å²) in [5.74, 6) is 0. The van der Waals surface area contributed by atoms with E-state index in [4.69, 9.17) is 0 Å². The van der Waals surface area contributed by atoms with Crippen LogP contribution < -0.4 is 0 Å². The Balaban J connectivity index is 2.09. The van der Waals surface area contributed by atoms with Gasteiger partial charge in [0.25, 0.3) is 0 Å². The second kappa shape index (κ2) is 8.12. The van der Waals surface area contributed by atoms with Crippen LogP contribution in [0.2, 0.25) is 0 Å². The van der Waals surface area contributed by atoms with Gasteiger partial charge in [-0.25, -0.2) is 0 Å². The lowest BCUT2D eigenvalue weighted by Gasteiger charge is -2.11. The maximum atomic E-state index is 2.44. The molecule has 0 spiro atoms. The van der Waals surface area contributed by atoms with Gasteiger partial charge < -0.3 is 0 Å². The molecule has 1 aliphatic heterocycles. The van der Waals surface area contributed by atoms with Crippen LogP contribution in [0, 0.1) is 0 Å². The van der Waals surface area contributed by atoms with Crippen LogP contribution in [-0.4, -0.2) is 5.25 Å². The van der Waals surface area contributed by atoms with Gasteiger partial charge in [0.2, 0.25) is 0 Å². The lowest BCUT2D eigenvalue weighted by Crippen LogP contribution is -2.02. The van der Waals surface area contributed by atoms with Crippen LogP contribution in [-0.2, 0) is 0 Å². The summed E-state index contributed by atoms with van der Waals surface area (Å²) in [4.78, 5) is 1.71. The average molecular weight is 291 g/mol. The van der Waals surface area contributed by atoms with Gasteiger partial charge in [-0.15, -0.1) is 11.8 Å². The summed E-state index contributed by atoms with van der Waals surface area (Å²) in [5.41, 5.74) is 4.98. The van der Waals surface area contributed by atoms with E-state index in [1.165, 1.54) is 57.8 Å². The lowest BCUT2D eigenvalue weighted by molar-refractivity contribution is 0.729. The van der Waals surface area contributed by atoms with Gasteiger partial charge >= 0.3 is 0 Å². The minimum atomic E-state index is 0.757. The first-order valence-electron chi connectivity index (χ1n) is 8.63. The zero-order chi connectivity index (χ0) is 14.4. The molecule has 1 unspecified atom stereocenters. The molecule has 1 atom stereocenters. The van der Waals surface area contributed by atoms with Crippen molar-refractivity contribution in [3.8, 4) is 0 Å². The Morgan fingerprint density at radius 3 is 2.30 bits per heavy atom. The summed E-state index contributed by atoms with van der Waals surface area (Å²) in [6.45, 7) is 6.90. The van der Waals surface area contributed by atoms with E-state index in [2.05, 4.69) is 44.7 Å². The Morgan fingerprint density at radius 1 is 0.900 bits per heavy atom. The molecule has 1 aliphatic carbocycles. The summed E-state index contributed by atoms with van der Waals surface area (Å²) >= 11 is 2.19. The van der Waals surface area contributed by atoms with E-state index in [1.54, 1.807) is 21.6 Å². The molecule has 0 aromatic heterocycles. The van der Waals surface area contributed by atoms with Crippen LogP contribution in [0.4, 0.5) is 0 Å². The zero-order valence-corrected chi connectivity index (χ0v) is 14.3. The minimum Gasteiger partial charge on any atom is -0.122 e. The quantitative estimate of drug-likeness (QED) is 0.450. The highest BCUT2D eigenvalue weighted by molar-refractivity contribution is 8.04. The molecule has 20 heavy (non-hydrogen) atoms. The van der Waals surface area contributed by atoms with Gasteiger partial charge in [-0.05, 0) is 53.7 Å². The first kappa shape index (κ1) is 15.9. The van der Waals surface area contributed by atoms with Crippen molar-refractivity contribution in [2.75, 3.05) is 0 Å². The molecule has 0 bridgehead atoms. The molecule has 1 heteroatoms. The molecule has 112 valence electrons. The molecular weight excluding hydrogens is 260 g/mol. The summed E-state index contributed by atoms with van der Waals surface area (Å²) in [6.07, 6.45) is 16.8. The second-order valence-electron chi connectivity index (χ2n) is 6.07. The summed E-state index contributed by atoms with van der Waals surface area (Å²) in [7, 11) is 0. The van der Waals surface area contributed by atoms with Gasteiger partial charge in [-0.2, -0.15) is 0 Å². The SMILES string of the molecule is CCCCC1=CC=C2C1=C(CCCC)SC2CCCC. The number of unbranched alkanes of at least 4 members (excludes halogenated alkanes) is 3. The van der Waals surface area contributed by atoms with Gasteiger partial charge in [-0.3, -0.25) is 0 Å². The fraction of sp³-hybridized carbons (Fsp3) is 0.684. The molecule has 0 aromatic carbocycles. The molecule has 0 saturated carbocycles. The Morgan fingerprint density at radius 2 is 1.60 bits per heavy atom. The molecule has 0 N–H and O–H groups in total. The van der Waals surface area contributed by atoms with Crippen LogP contribution >= 0.6 is 11.8 Å². The van der Waals surface area contributed by atoms with Gasteiger partial charge in [0.05, 0.1) is 0 Å². The van der Waals surface area contributed by atoms with E-state index in [-0.39, 0.29) is 0 Å². The van der Waals surface area contributed by atoms with E-state index < -0.39 is 0 Å². The van der Waals surface area contributed by atoms with Gasteiger partial charge in [-0.1, -0.05) is 58.6 Å². The van der Waals surface area contributed by atoms with Gasteiger partial charge in [0, 0.05) is 5.25 Å². The number of rotatable bonds is 9. The molecule has 0 amide bonds. The van der Waals surface area contributed by atoms with Crippen LogP contribution in [0.5, 0.6) is 0 Å². The third-order valence-electron chi connectivity index (χ3n) is 4.36. The maximum Gasteiger partial charge on any atom is 0.0347 e. The molecular formula is C19H30S.